The second kappa shape index (κ2) is 4.56. The molecule has 1 aromatic heterocycles. The van der Waals surface area contributed by atoms with Gasteiger partial charge in [-0.3, -0.25) is 0 Å². The van der Waals surface area contributed by atoms with Crippen LogP contribution in [0.1, 0.15) is 0 Å². The number of carbonyl (C=O) groups excluding carboxylic acids is 1. The van der Waals surface area contributed by atoms with Crippen molar-refractivity contribution in [3.63, 3.8) is 0 Å². The summed E-state index contributed by atoms with van der Waals surface area (Å²) in [6.07, 6.45) is -6.21. The molecule has 1 aromatic rings. The largest absolute Gasteiger partial charge is 0.574 e. The molecule has 5 nitrogen and oxygen atoms in total. The van der Waals surface area contributed by atoms with Crippen LogP contribution in [0.2, 0.25) is 0 Å². The van der Waals surface area contributed by atoms with E-state index in [4.69, 9.17) is 0 Å². The van der Waals surface area contributed by atoms with Crippen molar-refractivity contribution in [1.29, 1.82) is 0 Å². The summed E-state index contributed by atoms with van der Waals surface area (Å²) in [7, 11) is 0. The Labute approximate surface area is 95.5 Å². The first kappa shape index (κ1) is 12.6. The zero-order valence-corrected chi connectivity index (χ0v) is 9.00. The van der Waals surface area contributed by atoms with Gasteiger partial charge < -0.3 is 15.2 Å². The summed E-state index contributed by atoms with van der Waals surface area (Å²) in [5, 5.41) is 0. The lowest BCUT2D eigenvalue weighted by Gasteiger charge is -2.11. The number of amides is 1. The van der Waals surface area contributed by atoms with Crippen LogP contribution in [0.3, 0.4) is 0 Å². The molecule has 1 heterocycles. The summed E-state index contributed by atoms with van der Waals surface area (Å²) in [4.78, 5) is 13.7. The number of nitrogens with two attached hydrogens (primary N) is 1. The van der Waals surface area contributed by atoms with E-state index < -0.39 is 24.1 Å². The molecule has 16 heavy (non-hydrogen) atoms. The van der Waals surface area contributed by atoms with Crippen molar-refractivity contribution in [2.75, 3.05) is 0 Å². The minimum Gasteiger partial charge on any atom is -0.405 e. The Morgan fingerprint density at radius 2 is 2.06 bits per heavy atom. The normalized spacial score (nSPS) is 11.0. The van der Waals surface area contributed by atoms with Crippen molar-refractivity contribution in [1.82, 2.24) is 4.98 Å². The van der Waals surface area contributed by atoms with Gasteiger partial charge in [0.15, 0.2) is 5.75 Å². The summed E-state index contributed by atoms with van der Waals surface area (Å²) in [5.41, 5.74) is 4.66. The number of alkyl halides is 3. The van der Waals surface area contributed by atoms with Gasteiger partial charge in [-0.25, -0.2) is 9.78 Å². The fourth-order valence-corrected chi connectivity index (χ4v) is 1.07. The number of ether oxygens (including phenoxy) is 2. The average molecular weight is 301 g/mol. The van der Waals surface area contributed by atoms with E-state index in [-0.39, 0.29) is 4.60 Å². The van der Waals surface area contributed by atoms with E-state index in [2.05, 4.69) is 36.1 Å². The molecule has 88 valence electrons. The number of hydrogen-bond donors (Lipinski definition) is 1. The predicted molar refractivity (Wildman–Crippen MR) is 48.8 cm³/mol. The number of hydrogen-bond acceptors (Lipinski definition) is 4. The Kier molecular flexibility index (Phi) is 3.58. The molecule has 0 atom stereocenters. The molecule has 0 spiro atoms. The van der Waals surface area contributed by atoms with Gasteiger partial charge in [0.05, 0.1) is 0 Å². The van der Waals surface area contributed by atoms with Gasteiger partial charge in [0.1, 0.15) is 4.60 Å². The third-order valence-electron chi connectivity index (χ3n) is 1.21. The molecule has 0 aromatic carbocycles. The van der Waals surface area contributed by atoms with Crippen LogP contribution in [0.4, 0.5) is 18.0 Å². The lowest BCUT2D eigenvalue weighted by atomic mass is 10.4. The Morgan fingerprint density at radius 3 is 2.56 bits per heavy atom. The van der Waals surface area contributed by atoms with E-state index in [0.29, 0.717) is 0 Å². The molecule has 0 bridgehead atoms. The fraction of sp³-hybridized carbons (Fsp3) is 0.143. The highest BCUT2D eigenvalue weighted by Gasteiger charge is 2.33. The maximum absolute atomic E-state index is 11.9. The van der Waals surface area contributed by atoms with E-state index >= 15 is 0 Å². The van der Waals surface area contributed by atoms with Crippen molar-refractivity contribution in [2.45, 2.75) is 6.36 Å². The van der Waals surface area contributed by atoms with Gasteiger partial charge in [-0.05, 0) is 28.1 Å². The molecule has 1 amide bonds. The van der Waals surface area contributed by atoms with E-state index in [9.17, 15) is 18.0 Å². The third kappa shape index (κ3) is 3.93. The zero-order valence-electron chi connectivity index (χ0n) is 7.42. The molecule has 0 fully saturated rings. The molecule has 1 rings (SSSR count). The molecule has 0 radical (unpaired) electrons. The van der Waals surface area contributed by atoms with E-state index in [0.717, 1.165) is 6.07 Å². The van der Waals surface area contributed by atoms with Gasteiger partial charge in [-0.15, -0.1) is 13.2 Å². The molecule has 9 heteroatoms. The maximum atomic E-state index is 11.9. The van der Waals surface area contributed by atoms with Crippen LogP contribution in [-0.2, 0) is 0 Å². The monoisotopic (exact) mass is 300 g/mol. The number of primary amides is 1. The number of pyridine rings is 1. The first-order valence-electron chi connectivity index (χ1n) is 3.67. The maximum Gasteiger partial charge on any atom is 0.574 e. The van der Waals surface area contributed by atoms with Gasteiger partial charge in [0, 0.05) is 0 Å². The van der Waals surface area contributed by atoms with Crippen LogP contribution in [0.25, 0.3) is 0 Å². The Morgan fingerprint density at radius 1 is 1.44 bits per heavy atom. The second-order valence-electron chi connectivity index (χ2n) is 2.41. The molecule has 0 aliphatic rings. The summed E-state index contributed by atoms with van der Waals surface area (Å²) < 4.78 is 43.7. The van der Waals surface area contributed by atoms with E-state index in [1.807, 2.05) is 0 Å². The quantitative estimate of drug-likeness (QED) is 0.850. The van der Waals surface area contributed by atoms with Crippen LogP contribution in [0.15, 0.2) is 16.7 Å². The number of halogens is 4. The summed E-state index contributed by atoms with van der Waals surface area (Å²) in [6, 6.07) is 2.32. The average Bonchev–Trinajstić information content (AvgIpc) is 2.06. The standard InChI is InChI=1S/C7H4BrF3N2O3/c8-4-2-1-3(15-6(12)14)5(13-4)16-7(9,10)11/h1-2H,(H2,12,14). The molecule has 0 aliphatic carbocycles. The Balaban J connectivity index is 3.03. The number of aromatic nitrogens is 1. The number of nitrogens with zero attached hydrogens (tertiary/aromatic N) is 1. The summed E-state index contributed by atoms with van der Waals surface area (Å²) >= 11 is 2.84. The fourth-order valence-electron chi connectivity index (χ4n) is 0.774. The molecular weight excluding hydrogens is 297 g/mol. The minimum absolute atomic E-state index is 0.0866. The topological polar surface area (TPSA) is 74.4 Å². The summed E-state index contributed by atoms with van der Waals surface area (Å²) in [5.74, 6) is -1.42. The predicted octanol–water partition coefficient (Wildman–Crippen LogP) is 2.20. The zero-order chi connectivity index (χ0) is 12.3. The number of rotatable bonds is 2. The van der Waals surface area contributed by atoms with Gasteiger partial charge in [-0.2, -0.15) is 0 Å². The van der Waals surface area contributed by atoms with E-state index in [1.54, 1.807) is 0 Å². The molecule has 2 N–H and O–H groups in total. The van der Waals surface area contributed by atoms with Gasteiger partial charge in [0.2, 0.25) is 0 Å². The number of carbonyl (C=O) groups is 1. The van der Waals surface area contributed by atoms with Crippen molar-refractivity contribution >= 4 is 22.0 Å². The van der Waals surface area contributed by atoms with E-state index in [1.165, 1.54) is 6.07 Å². The summed E-state index contributed by atoms with van der Waals surface area (Å²) in [6.45, 7) is 0. The molecule has 0 saturated heterocycles. The Hall–Kier alpha value is -1.51. The highest BCUT2D eigenvalue weighted by Crippen LogP contribution is 2.31. The lowest BCUT2D eigenvalue weighted by molar-refractivity contribution is -0.276. The van der Waals surface area contributed by atoms with Crippen molar-refractivity contribution in [3.8, 4) is 11.6 Å². The van der Waals surface area contributed by atoms with Crippen LogP contribution in [-0.4, -0.2) is 17.4 Å². The highest BCUT2D eigenvalue weighted by molar-refractivity contribution is 9.10. The van der Waals surface area contributed by atoms with Crippen LogP contribution in [0.5, 0.6) is 11.6 Å². The van der Waals surface area contributed by atoms with Gasteiger partial charge >= 0.3 is 12.5 Å². The minimum atomic E-state index is -4.94. The van der Waals surface area contributed by atoms with Crippen LogP contribution >= 0.6 is 15.9 Å². The molecular formula is C7H4BrF3N2O3. The first-order chi connectivity index (χ1) is 7.28. The SMILES string of the molecule is NC(=O)Oc1ccc(Br)nc1OC(F)(F)F. The van der Waals surface area contributed by atoms with Crippen molar-refractivity contribution < 1.29 is 27.4 Å². The highest BCUT2D eigenvalue weighted by atomic mass is 79.9. The third-order valence-corrected chi connectivity index (χ3v) is 1.66. The van der Waals surface area contributed by atoms with Gasteiger partial charge in [-0.1, -0.05) is 0 Å². The van der Waals surface area contributed by atoms with Crippen LogP contribution < -0.4 is 15.2 Å². The Bertz CT molecular complexity index is 410. The molecule has 0 saturated carbocycles. The molecule has 0 aliphatic heterocycles. The molecule has 0 unspecified atom stereocenters. The van der Waals surface area contributed by atoms with Crippen molar-refractivity contribution in [2.24, 2.45) is 5.73 Å². The van der Waals surface area contributed by atoms with Gasteiger partial charge in [0.25, 0.3) is 5.88 Å². The van der Waals surface area contributed by atoms with Crippen molar-refractivity contribution in [3.05, 3.63) is 16.7 Å². The second-order valence-corrected chi connectivity index (χ2v) is 3.22. The van der Waals surface area contributed by atoms with Crippen LogP contribution in [0, 0.1) is 0 Å². The lowest BCUT2D eigenvalue weighted by Crippen LogP contribution is -2.21. The first-order valence-corrected chi connectivity index (χ1v) is 4.47. The smallest absolute Gasteiger partial charge is 0.405 e.